The summed E-state index contributed by atoms with van der Waals surface area (Å²) in [6, 6.07) is 1.73. The Bertz CT molecular complexity index is 306. The first-order valence-corrected chi connectivity index (χ1v) is 3.73. The van der Waals surface area contributed by atoms with Crippen LogP contribution in [-0.4, -0.2) is 0 Å². The van der Waals surface area contributed by atoms with Crippen LogP contribution in [0.2, 0.25) is 5.02 Å². The van der Waals surface area contributed by atoms with Gasteiger partial charge in [-0.3, -0.25) is 0 Å². The highest BCUT2D eigenvalue weighted by atomic mass is 35.5. The van der Waals surface area contributed by atoms with Crippen LogP contribution < -0.4 is 0 Å². The third-order valence-corrected chi connectivity index (χ3v) is 1.75. The molecule has 0 aliphatic heterocycles. The Morgan fingerprint density at radius 2 is 1.77 bits per heavy atom. The molecule has 0 bridgehead atoms. The Morgan fingerprint density at radius 1 is 1.23 bits per heavy atom. The molecular weight excluding hydrogens is 208 g/mol. The summed E-state index contributed by atoms with van der Waals surface area (Å²) in [4.78, 5) is 0. The monoisotopic (exact) mass is 212 g/mol. The van der Waals surface area contributed by atoms with E-state index in [1.807, 2.05) is 0 Å². The zero-order valence-electron chi connectivity index (χ0n) is 6.54. The second kappa shape index (κ2) is 3.18. The molecule has 0 unspecified atom stereocenters. The number of benzene rings is 1. The zero-order valence-corrected chi connectivity index (χ0v) is 7.30. The van der Waals surface area contributed by atoms with Gasteiger partial charge in [-0.25, -0.2) is 4.39 Å². The second-order valence-electron chi connectivity index (χ2n) is 2.58. The zero-order chi connectivity index (χ0) is 10.2. The summed E-state index contributed by atoms with van der Waals surface area (Å²) in [6.45, 7) is 1.16. The van der Waals surface area contributed by atoms with Crippen LogP contribution >= 0.6 is 11.6 Å². The molecule has 0 aromatic heterocycles. The summed E-state index contributed by atoms with van der Waals surface area (Å²) in [5, 5.41) is -0.0389. The van der Waals surface area contributed by atoms with E-state index in [1.165, 1.54) is 0 Å². The van der Waals surface area contributed by atoms with Crippen LogP contribution in [0.1, 0.15) is 11.1 Å². The molecule has 0 aliphatic carbocycles. The van der Waals surface area contributed by atoms with Crippen molar-refractivity contribution in [3.63, 3.8) is 0 Å². The molecule has 1 aromatic carbocycles. The molecule has 0 N–H and O–H groups in total. The maximum Gasteiger partial charge on any atom is 0.419 e. The summed E-state index contributed by atoms with van der Waals surface area (Å²) in [5.74, 6) is -1.34. The van der Waals surface area contributed by atoms with Crippen molar-refractivity contribution in [3.8, 4) is 0 Å². The molecule has 13 heavy (non-hydrogen) atoms. The lowest BCUT2D eigenvalue weighted by Gasteiger charge is -2.11. The minimum Gasteiger partial charge on any atom is -0.206 e. The molecule has 0 radical (unpaired) electrons. The molecular formula is C8H5ClF4. The van der Waals surface area contributed by atoms with Crippen LogP contribution in [0.4, 0.5) is 17.6 Å². The van der Waals surface area contributed by atoms with E-state index in [2.05, 4.69) is 0 Å². The van der Waals surface area contributed by atoms with Crippen LogP contribution in [0.25, 0.3) is 0 Å². The van der Waals surface area contributed by atoms with Gasteiger partial charge in [0.15, 0.2) is 0 Å². The predicted molar refractivity (Wildman–Crippen MR) is 41.1 cm³/mol. The first-order chi connectivity index (χ1) is 5.82. The van der Waals surface area contributed by atoms with Crippen LogP contribution in [0.5, 0.6) is 0 Å². The number of rotatable bonds is 0. The van der Waals surface area contributed by atoms with Gasteiger partial charge in [-0.2, -0.15) is 13.2 Å². The van der Waals surface area contributed by atoms with Gasteiger partial charge in [-0.1, -0.05) is 11.6 Å². The predicted octanol–water partition coefficient (Wildman–Crippen LogP) is 3.81. The van der Waals surface area contributed by atoms with E-state index in [-0.39, 0.29) is 10.6 Å². The van der Waals surface area contributed by atoms with Gasteiger partial charge >= 0.3 is 6.18 Å². The maximum absolute atomic E-state index is 12.8. The fourth-order valence-electron chi connectivity index (χ4n) is 1.06. The van der Waals surface area contributed by atoms with Crippen molar-refractivity contribution in [1.82, 2.24) is 0 Å². The van der Waals surface area contributed by atoms with Gasteiger partial charge in [0.25, 0.3) is 0 Å². The van der Waals surface area contributed by atoms with Gasteiger partial charge in [0, 0.05) is 5.02 Å². The highest BCUT2D eigenvalue weighted by molar-refractivity contribution is 6.30. The summed E-state index contributed by atoms with van der Waals surface area (Å²) in [6.07, 6.45) is -4.67. The molecule has 0 heterocycles. The van der Waals surface area contributed by atoms with Gasteiger partial charge in [0.05, 0.1) is 5.56 Å². The first kappa shape index (κ1) is 10.3. The molecule has 0 fully saturated rings. The van der Waals surface area contributed by atoms with Crippen molar-refractivity contribution in [2.24, 2.45) is 0 Å². The van der Waals surface area contributed by atoms with E-state index in [4.69, 9.17) is 11.6 Å². The first-order valence-electron chi connectivity index (χ1n) is 3.35. The highest BCUT2D eigenvalue weighted by Crippen LogP contribution is 2.35. The summed E-state index contributed by atoms with van der Waals surface area (Å²) >= 11 is 5.36. The van der Waals surface area contributed by atoms with E-state index in [0.29, 0.717) is 6.07 Å². The average Bonchev–Trinajstić information content (AvgIpc) is 1.78. The van der Waals surface area contributed by atoms with Crippen molar-refractivity contribution in [2.45, 2.75) is 13.1 Å². The second-order valence-corrected chi connectivity index (χ2v) is 3.01. The lowest BCUT2D eigenvalue weighted by Crippen LogP contribution is -2.10. The Kier molecular flexibility index (Phi) is 2.52. The molecule has 1 aromatic rings. The fourth-order valence-corrected chi connectivity index (χ4v) is 1.32. The van der Waals surface area contributed by atoms with Gasteiger partial charge in [-0.15, -0.1) is 0 Å². The van der Waals surface area contributed by atoms with E-state index >= 15 is 0 Å². The molecule has 0 spiro atoms. The number of hydrogen-bond donors (Lipinski definition) is 0. The quantitative estimate of drug-likeness (QED) is 0.574. The summed E-state index contributed by atoms with van der Waals surface area (Å²) in [5.41, 5.74) is -1.46. The molecule has 0 saturated heterocycles. The maximum atomic E-state index is 12.8. The van der Waals surface area contributed by atoms with Crippen LogP contribution in [0.3, 0.4) is 0 Å². The van der Waals surface area contributed by atoms with Gasteiger partial charge in [0.1, 0.15) is 5.82 Å². The largest absolute Gasteiger partial charge is 0.419 e. The van der Waals surface area contributed by atoms with Crippen LogP contribution in [0.15, 0.2) is 12.1 Å². The van der Waals surface area contributed by atoms with E-state index in [9.17, 15) is 17.6 Å². The van der Waals surface area contributed by atoms with Crippen molar-refractivity contribution in [1.29, 1.82) is 0 Å². The Hall–Kier alpha value is -0.770. The molecule has 0 amide bonds. The topological polar surface area (TPSA) is 0 Å². The smallest absolute Gasteiger partial charge is 0.206 e. The van der Waals surface area contributed by atoms with E-state index < -0.39 is 17.6 Å². The fraction of sp³-hybridized carbons (Fsp3) is 0.250. The Morgan fingerprint density at radius 3 is 2.15 bits per heavy atom. The van der Waals surface area contributed by atoms with Gasteiger partial charge in [-0.05, 0) is 24.6 Å². The standard InChI is InChI=1S/C8H5ClF4/c1-4-2-5(9)3-6(10)7(4)8(11,12)13/h2-3H,1H3. The lowest BCUT2D eigenvalue weighted by atomic mass is 10.1. The minimum absolute atomic E-state index is 0.0389. The molecule has 0 aliphatic rings. The number of hydrogen-bond acceptors (Lipinski definition) is 0. The Labute approximate surface area is 77.1 Å². The van der Waals surface area contributed by atoms with Crippen LogP contribution in [-0.2, 0) is 6.18 Å². The van der Waals surface area contributed by atoms with Crippen molar-refractivity contribution < 1.29 is 17.6 Å². The normalized spacial score (nSPS) is 11.8. The van der Waals surface area contributed by atoms with Gasteiger partial charge < -0.3 is 0 Å². The number of alkyl halides is 3. The third-order valence-electron chi connectivity index (χ3n) is 1.54. The van der Waals surface area contributed by atoms with E-state index in [1.54, 1.807) is 0 Å². The average molecular weight is 213 g/mol. The highest BCUT2D eigenvalue weighted by Gasteiger charge is 2.35. The molecule has 0 saturated carbocycles. The molecule has 72 valence electrons. The van der Waals surface area contributed by atoms with Crippen molar-refractivity contribution in [2.75, 3.05) is 0 Å². The van der Waals surface area contributed by atoms with Gasteiger partial charge in [0.2, 0.25) is 0 Å². The lowest BCUT2D eigenvalue weighted by molar-refractivity contribution is -0.140. The number of halogens is 5. The summed E-state index contributed by atoms with van der Waals surface area (Å²) < 4.78 is 49.3. The van der Waals surface area contributed by atoms with Crippen molar-refractivity contribution >= 4 is 11.6 Å². The molecule has 0 nitrogen and oxygen atoms in total. The molecule has 0 atom stereocenters. The summed E-state index contributed by atoms with van der Waals surface area (Å²) in [7, 11) is 0. The number of aryl methyl sites for hydroxylation is 1. The molecule has 5 heteroatoms. The SMILES string of the molecule is Cc1cc(Cl)cc(F)c1C(F)(F)F. The molecule has 1 rings (SSSR count). The van der Waals surface area contributed by atoms with Crippen LogP contribution in [0, 0.1) is 12.7 Å². The van der Waals surface area contributed by atoms with E-state index in [0.717, 1.165) is 13.0 Å². The Balaban J connectivity index is 3.38. The minimum atomic E-state index is -4.67. The third kappa shape index (κ3) is 2.12. The van der Waals surface area contributed by atoms with Crippen molar-refractivity contribution in [3.05, 3.63) is 34.1 Å².